The van der Waals surface area contributed by atoms with Crippen LogP contribution in [0.4, 0.5) is 0 Å². The van der Waals surface area contributed by atoms with Crippen LogP contribution in [0.5, 0.6) is 0 Å². The molecular formula is C45H68O9. The van der Waals surface area contributed by atoms with Crippen LogP contribution in [-0.4, -0.2) is 70.9 Å². The number of esters is 3. The summed E-state index contributed by atoms with van der Waals surface area (Å²) in [7, 11) is 0. The molecule has 0 aromatic heterocycles. The Hall–Kier alpha value is -2.75. The lowest BCUT2D eigenvalue weighted by atomic mass is 9.33. The molecule has 0 spiro atoms. The van der Waals surface area contributed by atoms with Crippen LogP contribution in [-0.2, 0) is 28.6 Å². The molecule has 9 heteroatoms. The number of fused-ring (bicyclic) bond motifs is 7. The Labute approximate surface area is 323 Å². The fourth-order valence-electron chi connectivity index (χ4n) is 12.4. The molecule has 0 aromatic rings. The van der Waals surface area contributed by atoms with Gasteiger partial charge in [-0.15, -0.1) is 0 Å². The van der Waals surface area contributed by atoms with Gasteiger partial charge in [0.05, 0.1) is 18.1 Å². The second-order valence-corrected chi connectivity index (χ2v) is 19.2. The molecule has 0 heterocycles. The lowest BCUT2D eigenvalue weighted by Gasteiger charge is -2.72. The number of rotatable bonds is 8. The molecule has 4 fully saturated rings. The number of ether oxygens (including phenoxy) is 3. The van der Waals surface area contributed by atoms with Gasteiger partial charge in [0.1, 0.15) is 24.9 Å². The van der Waals surface area contributed by atoms with Crippen LogP contribution in [0.25, 0.3) is 0 Å². The van der Waals surface area contributed by atoms with Gasteiger partial charge in [0.25, 0.3) is 0 Å². The minimum atomic E-state index is -1.29. The predicted molar refractivity (Wildman–Crippen MR) is 208 cm³/mol. The van der Waals surface area contributed by atoms with Gasteiger partial charge >= 0.3 is 17.9 Å². The molecule has 12 atom stereocenters. The molecule has 0 amide bonds. The summed E-state index contributed by atoms with van der Waals surface area (Å²) in [6.45, 7) is 23.5. The summed E-state index contributed by atoms with van der Waals surface area (Å²) in [4.78, 5) is 39.3. The van der Waals surface area contributed by atoms with Crippen LogP contribution in [0.3, 0.4) is 0 Å². The van der Waals surface area contributed by atoms with E-state index >= 15 is 0 Å². The van der Waals surface area contributed by atoms with Gasteiger partial charge in [-0.2, -0.15) is 0 Å². The molecular weight excluding hydrogens is 684 g/mol. The average Bonchev–Trinajstić information content (AvgIpc) is 3.12. The molecule has 54 heavy (non-hydrogen) atoms. The average molecular weight is 753 g/mol. The Morgan fingerprint density at radius 1 is 0.796 bits per heavy atom. The van der Waals surface area contributed by atoms with Crippen molar-refractivity contribution in [3.63, 3.8) is 0 Å². The van der Waals surface area contributed by atoms with Crippen molar-refractivity contribution in [1.29, 1.82) is 0 Å². The smallest absolute Gasteiger partial charge is 0.333 e. The summed E-state index contributed by atoms with van der Waals surface area (Å²) < 4.78 is 18.3. The molecule has 4 saturated carbocycles. The predicted octanol–water partition coefficient (Wildman–Crippen LogP) is 7.58. The maximum Gasteiger partial charge on any atom is 0.333 e. The van der Waals surface area contributed by atoms with Crippen molar-refractivity contribution in [2.75, 3.05) is 13.2 Å². The lowest BCUT2D eigenvalue weighted by molar-refractivity contribution is -0.263. The van der Waals surface area contributed by atoms with Gasteiger partial charge in [0.2, 0.25) is 0 Å². The SMILES string of the molecule is CC=C(C)C(=O)OC[C@]1(C)C2CC[C@]3(C)C(CC=C4C5CC(C)(C)[C@@H](OC(=O)C(C)=CC)[C@H](O)[C@]5(CO)[C@H](O)C[C@]43C)[C@@]2(C)CC[C@@H]1OC(=O)C(C)=CC. The van der Waals surface area contributed by atoms with Crippen LogP contribution < -0.4 is 0 Å². The van der Waals surface area contributed by atoms with Crippen LogP contribution in [0.1, 0.15) is 128 Å². The quantitative estimate of drug-likeness (QED) is 0.0991. The standard InChI is InChI=1S/C45H68O9/c1-13-26(4)37(49)52-25-42(10)31-18-21-43(11)32(41(31,9)20-19-34(42)53-38(50)27(5)14-2)17-16-29-30-22-40(7,8)36(54-39(51)28(6)15-3)35(48)45(30,24-46)33(47)23-44(29,43)12/h13-16,30-36,46-48H,17-25H2,1-12H3/t30?,31?,32?,33-,34+,35+,36+,41+,42-,43-,44-,45+/m1/s1. The second-order valence-electron chi connectivity index (χ2n) is 19.2. The Morgan fingerprint density at radius 2 is 1.37 bits per heavy atom. The Bertz CT molecular complexity index is 1640. The van der Waals surface area contributed by atoms with Crippen LogP contribution in [0, 0.1) is 50.2 Å². The fourth-order valence-corrected chi connectivity index (χ4v) is 12.4. The normalized spacial score (nSPS) is 43.4. The molecule has 5 rings (SSSR count). The summed E-state index contributed by atoms with van der Waals surface area (Å²) in [5.41, 5.74) is -0.778. The zero-order valence-electron chi connectivity index (χ0n) is 35.0. The van der Waals surface area contributed by atoms with E-state index in [-0.39, 0.29) is 47.1 Å². The summed E-state index contributed by atoms with van der Waals surface area (Å²) in [6.07, 6.45) is 8.69. The third kappa shape index (κ3) is 6.18. The van der Waals surface area contributed by atoms with Gasteiger partial charge in [-0.3, -0.25) is 0 Å². The number of aliphatic hydroxyl groups excluding tert-OH is 3. The highest BCUT2D eigenvalue weighted by atomic mass is 16.6. The van der Waals surface area contributed by atoms with Crippen molar-refractivity contribution in [2.45, 2.75) is 152 Å². The van der Waals surface area contributed by atoms with Gasteiger partial charge in [0.15, 0.2) is 0 Å². The minimum absolute atomic E-state index is 0.0781. The molecule has 0 bridgehead atoms. The van der Waals surface area contributed by atoms with Gasteiger partial charge in [0, 0.05) is 27.5 Å². The highest BCUT2D eigenvalue weighted by molar-refractivity contribution is 5.88. The molecule has 0 aromatic carbocycles. The maximum atomic E-state index is 13.2. The number of hydrogen-bond acceptors (Lipinski definition) is 9. The van der Waals surface area contributed by atoms with E-state index in [1.54, 1.807) is 45.9 Å². The van der Waals surface area contributed by atoms with Crippen molar-refractivity contribution in [3.05, 3.63) is 46.6 Å². The highest BCUT2D eigenvalue weighted by Crippen LogP contribution is 2.76. The molecule has 3 N–H and O–H groups in total. The summed E-state index contributed by atoms with van der Waals surface area (Å²) in [5, 5.41) is 35.8. The first-order valence-electron chi connectivity index (χ1n) is 20.2. The minimum Gasteiger partial charge on any atom is -0.462 e. The molecule has 0 aliphatic heterocycles. The second kappa shape index (κ2) is 14.6. The molecule has 0 radical (unpaired) electrons. The summed E-state index contributed by atoms with van der Waals surface area (Å²) >= 11 is 0. The van der Waals surface area contributed by atoms with Crippen molar-refractivity contribution in [1.82, 2.24) is 0 Å². The third-order valence-electron chi connectivity index (χ3n) is 16.4. The largest absolute Gasteiger partial charge is 0.462 e. The van der Waals surface area contributed by atoms with E-state index in [1.165, 1.54) is 5.57 Å². The van der Waals surface area contributed by atoms with Gasteiger partial charge < -0.3 is 29.5 Å². The van der Waals surface area contributed by atoms with Crippen molar-refractivity contribution in [2.24, 2.45) is 50.2 Å². The zero-order chi connectivity index (χ0) is 40.4. The third-order valence-corrected chi connectivity index (χ3v) is 16.4. The topological polar surface area (TPSA) is 140 Å². The zero-order valence-corrected chi connectivity index (χ0v) is 35.0. The Kier molecular flexibility index (Phi) is 11.5. The van der Waals surface area contributed by atoms with Gasteiger partial charge in [-0.1, -0.05) is 71.4 Å². The van der Waals surface area contributed by atoms with Crippen molar-refractivity contribution in [3.8, 4) is 0 Å². The number of hydrogen-bond donors (Lipinski definition) is 3. The van der Waals surface area contributed by atoms with E-state index in [0.717, 1.165) is 25.7 Å². The van der Waals surface area contributed by atoms with E-state index in [2.05, 4.69) is 33.8 Å². The summed E-state index contributed by atoms with van der Waals surface area (Å²) in [5.74, 6) is -1.27. The first-order valence-corrected chi connectivity index (χ1v) is 20.2. The van der Waals surface area contributed by atoms with Crippen LogP contribution in [0.15, 0.2) is 46.6 Å². The molecule has 302 valence electrons. The monoisotopic (exact) mass is 752 g/mol. The van der Waals surface area contributed by atoms with E-state index in [4.69, 9.17) is 14.2 Å². The lowest BCUT2D eigenvalue weighted by Crippen LogP contribution is -2.72. The van der Waals surface area contributed by atoms with E-state index in [9.17, 15) is 29.7 Å². The van der Waals surface area contributed by atoms with Crippen LogP contribution >= 0.6 is 0 Å². The number of carbonyl (C=O) groups is 3. The highest BCUT2D eigenvalue weighted by Gasteiger charge is 2.73. The maximum absolute atomic E-state index is 13.2. The number of allylic oxidation sites excluding steroid dienone is 5. The van der Waals surface area contributed by atoms with Gasteiger partial charge in [-0.25, -0.2) is 14.4 Å². The molecule has 5 aliphatic carbocycles. The first-order chi connectivity index (χ1) is 25.1. The summed E-state index contributed by atoms with van der Waals surface area (Å²) in [6, 6.07) is 0. The fraction of sp³-hybridized carbons (Fsp3) is 0.756. The van der Waals surface area contributed by atoms with Crippen molar-refractivity contribution >= 4 is 17.9 Å². The molecule has 0 saturated heterocycles. The molecule has 3 unspecified atom stereocenters. The number of aliphatic hydroxyl groups is 3. The van der Waals surface area contributed by atoms with Gasteiger partial charge in [-0.05, 0) is 120 Å². The molecule has 9 nitrogen and oxygen atoms in total. The molecule has 5 aliphatic rings. The Balaban J connectivity index is 1.55. The first kappa shape index (κ1) is 42.4. The Morgan fingerprint density at radius 3 is 1.94 bits per heavy atom. The van der Waals surface area contributed by atoms with Crippen LogP contribution in [0.2, 0.25) is 0 Å². The van der Waals surface area contributed by atoms with E-state index in [0.29, 0.717) is 36.0 Å². The van der Waals surface area contributed by atoms with E-state index in [1.807, 2.05) is 27.7 Å². The van der Waals surface area contributed by atoms with Crippen molar-refractivity contribution < 1.29 is 43.9 Å². The number of carbonyl (C=O) groups excluding carboxylic acids is 3. The van der Waals surface area contributed by atoms with E-state index < -0.39 is 58.7 Å².